The van der Waals surface area contributed by atoms with Crippen molar-refractivity contribution in [1.82, 2.24) is 14.6 Å². The molecule has 5 heterocycles. The molecular weight excluding hydrogens is 240 g/mol. The molecule has 0 N–H and O–H groups in total. The molecule has 1 aliphatic heterocycles. The zero-order chi connectivity index (χ0) is 12.4. The topological polar surface area (TPSA) is 47.2 Å². The second-order valence-corrected chi connectivity index (χ2v) is 4.69. The normalized spacial score (nSPS) is 13.1. The van der Waals surface area contributed by atoms with Crippen molar-refractivity contribution < 1.29 is 8.98 Å². The van der Waals surface area contributed by atoms with Gasteiger partial charge >= 0.3 is 5.89 Å². The van der Waals surface area contributed by atoms with Gasteiger partial charge in [0.1, 0.15) is 11.3 Å². The minimum atomic E-state index is 0.759. The lowest BCUT2D eigenvalue weighted by molar-refractivity contribution is -0.649. The molecule has 0 unspecified atom stereocenters. The van der Waals surface area contributed by atoms with E-state index in [4.69, 9.17) is 4.42 Å². The molecule has 5 nitrogen and oxygen atoms in total. The molecule has 0 aromatic carbocycles. The Morgan fingerprint density at radius 3 is 3.16 bits per heavy atom. The highest BCUT2D eigenvalue weighted by Gasteiger charge is 2.36. The summed E-state index contributed by atoms with van der Waals surface area (Å²) in [5, 5.41) is 4.33. The van der Waals surface area contributed by atoms with Gasteiger partial charge in [0, 0.05) is 18.5 Å². The summed E-state index contributed by atoms with van der Waals surface area (Å²) in [4.78, 5) is 4.40. The van der Waals surface area contributed by atoms with Crippen molar-refractivity contribution in [2.45, 2.75) is 6.54 Å². The van der Waals surface area contributed by atoms with Crippen LogP contribution in [0.5, 0.6) is 0 Å². The first-order valence-corrected chi connectivity index (χ1v) is 6.15. The fourth-order valence-electron chi connectivity index (χ4n) is 2.78. The minimum absolute atomic E-state index is 0.759. The number of oxazole rings is 1. The summed E-state index contributed by atoms with van der Waals surface area (Å²) in [5.41, 5.74) is 5.03. The molecule has 0 bridgehead atoms. The van der Waals surface area contributed by atoms with E-state index in [2.05, 4.69) is 20.7 Å². The van der Waals surface area contributed by atoms with Crippen LogP contribution < -0.4 is 4.57 Å². The van der Waals surface area contributed by atoms with Gasteiger partial charge in [0.15, 0.2) is 6.54 Å². The van der Waals surface area contributed by atoms with Crippen LogP contribution in [0.25, 0.3) is 28.2 Å². The first kappa shape index (κ1) is 9.27. The molecule has 0 amide bonds. The highest BCUT2D eigenvalue weighted by Crippen LogP contribution is 2.30. The van der Waals surface area contributed by atoms with E-state index >= 15 is 0 Å². The van der Waals surface area contributed by atoms with E-state index in [1.807, 2.05) is 35.0 Å². The Morgan fingerprint density at radius 1 is 1.21 bits per heavy atom. The van der Waals surface area contributed by atoms with E-state index in [-0.39, 0.29) is 0 Å². The molecule has 0 atom stereocenters. The van der Waals surface area contributed by atoms with Gasteiger partial charge in [-0.25, -0.2) is 0 Å². The van der Waals surface area contributed by atoms with Crippen molar-refractivity contribution in [2.75, 3.05) is 0 Å². The summed E-state index contributed by atoms with van der Waals surface area (Å²) in [5.74, 6) is 0.869. The average Bonchev–Trinajstić information content (AvgIpc) is 3.07. The van der Waals surface area contributed by atoms with Crippen LogP contribution >= 0.6 is 0 Å². The molecule has 4 aromatic rings. The Balaban J connectivity index is 1.93. The second kappa shape index (κ2) is 3.00. The summed E-state index contributed by atoms with van der Waals surface area (Å²) in [6.07, 6.45) is 3.58. The number of rotatable bonds is 0. The summed E-state index contributed by atoms with van der Waals surface area (Å²) in [6.45, 7) is 0.759. The van der Waals surface area contributed by atoms with Crippen LogP contribution in [-0.4, -0.2) is 14.6 Å². The molecule has 0 saturated carbocycles. The molecule has 0 fully saturated rings. The zero-order valence-electron chi connectivity index (χ0n) is 9.95. The van der Waals surface area contributed by atoms with Gasteiger partial charge in [-0.1, -0.05) is 0 Å². The molecule has 19 heavy (non-hydrogen) atoms. The van der Waals surface area contributed by atoms with Crippen LogP contribution in [0.3, 0.4) is 0 Å². The van der Waals surface area contributed by atoms with Crippen LogP contribution in [0, 0.1) is 0 Å². The highest BCUT2D eigenvalue weighted by molar-refractivity contribution is 5.78. The Hall–Kier alpha value is -2.69. The van der Waals surface area contributed by atoms with E-state index in [0.717, 1.165) is 40.4 Å². The summed E-state index contributed by atoms with van der Waals surface area (Å²) < 4.78 is 10.00. The van der Waals surface area contributed by atoms with Crippen molar-refractivity contribution in [3.05, 3.63) is 48.4 Å². The SMILES string of the molecule is c1cnc2c(c1)-c1oc3c(cc4cccnn43)[n+]1C2. The summed E-state index contributed by atoms with van der Waals surface area (Å²) in [7, 11) is 0. The maximum absolute atomic E-state index is 6.01. The Labute approximate surface area is 107 Å². The minimum Gasteiger partial charge on any atom is -0.378 e. The Kier molecular flexibility index (Phi) is 1.46. The predicted molar refractivity (Wildman–Crippen MR) is 67.5 cm³/mol. The largest absolute Gasteiger partial charge is 0.385 e. The molecular formula is C14H9N4O+. The van der Waals surface area contributed by atoms with Crippen molar-refractivity contribution in [2.24, 2.45) is 0 Å². The van der Waals surface area contributed by atoms with E-state index in [9.17, 15) is 0 Å². The van der Waals surface area contributed by atoms with Crippen LogP contribution in [0.2, 0.25) is 0 Å². The highest BCUT2D eigenvalue weighted by atomic mass is 16.4. The van der Waals surface area contributed by atoms with Crippen LogP contribution in [0.4, 0.5) is 0 Å². The fraction of sp³-hybridized carbons (Fsp3) is 0.0714. The Bertz CT molecular complexity index is 951. The van der Waals surface area contributed by atoms with Crippen LogP contribution in [0.15, 0.2) is 47.1 Å². The number of pyridine rings is 1. The van der Waals surface area contributed by atoms with Gasteiger partial charge in [-0.3, -0.25) is 4.98 Å². The molecule has 0 radical (unpaired) electrons. The van der Waals surface area contributed by atoms with Gasteiger partial charge in [-0.15, -0.1) is 4.57 Å². The van der Waals surface area contributed by atoms with Crippen molar-refractivity contribution in [1.29, 1.82) is 0 Å². The quantitative estimate of drug-likeness (QED) is 0.393. The zero-order valence-corrected chi connectivity index (χ0v) is 9.95. The molecule has 5 rings (SSSR count). The average molecular weight is 249 g/mol. The van der Waals surface area contributed by atoms with E-state index in [1.54, 1.807) is 6.20 Å². The number of nitrogens with zero attached hydrogens (tertiary/aromatic N) is 4. The molecule has 1 aliphatic rings. The molecule has 0 spiro atoms. The molecule has 4 aromatic heterocycles. The third kappa shape index (κ3) is 1.03. The predicted octanol–water partition coefficient (Wildman–Crippen LogP) is 1.79. The molecule has 5 heteroatoms. The standard InChI is InChI=1S/C14H9N4O/c1-3-9-7-12-14(18(9)16-6-1)19-13-10-4-2-5-15-11(10)8-17(12)13/h1-7H,8H2/q+1. The van der Waals surface area contributed by atoms with E-state index < -0.39 is 0 Å². The number of fused-ring (bicyclic) bond motifs is 7. The number of hydrogen-bond acceptors (Lipinski definition) is 3. The molecule has 0 saturated heterocycles. The fourth-order valence-corrected chi connectivity index (χ4v) is 2.78. The van der Waals surface area contributed by atoms with Crippen LogP contribution in [0.1, 0.15) is 5.69 Å². The molecule has 90 valence electrons. The monoisotopic (exact) mass is 249 g/mol. The van der Waals surface area contributed by atoms with Gasteiger partial charge < -0.3 is 4.42 Å². The Morgan fingerprint density at radius 2 is 2.16 bits per heavy atom. The maximum atomic E-state index is 6.01. The lowest BCUT2D eigenvalue weighted by atomic mass is 10.2. The van der Waals surface area contributed by atoms with Crippen molar-refractivity contribution in [3.63, 3.8) is 0 Å². The van der Waals surface area contributed by atoms with Crippen LogP contribution in [-0.2, 0) is 6.54 Å². The smallest absolute Gasteiger partial charge is 0.378 e. The van der Waals surface area contributed by atoms with Gasteiger partial charge in [0.05, 0.1) is 5.52 Å². The summed E-state index contributed by atoms with van der Waals surface area (Å²) >= 11 is 0. The first-order chi connectivity index (χ1) is 9.42. The molecule has 0 aliphatic carbocycles. The summed E-state index contributed by atoms with van der Waals surface area (Å²) in [6, 6.07) is 10.0. The van der Waals surface area contributed by atoms with Gasteiger partial charge in [0.2, 0.25) is 0 Å². The van der Waals surface area contributed by atoms with Crippen molar-refractivity contribution in [3.8, 4) is 11.5 Å². The van der Waals surface area contributed by atoms with E-state index in [0.29, 0.717) is 0 Å². The lowest BCUT2D eigenvalue weighted by Crippen LogP contribution is -2.30. The number of aromatic nitrogens is 4. The van der Waals surface area contributed by atoms with Crippen molar-refractivity contribution >= 4 is 16.7 Å². The maximum Gasteiger partial charge on any atom is 0.385 e. The van der Waals surface area contributed by atoms with Gasteiger partial charge in [-0.05, 0) is 24.3 Å². The lowest BCUT2D eigenvalue weighted by Gasteiger charge is -1.90. The first-order valence-electron chi connectivity index (χ1n) is 6.15. The van der Waals surface area contributed by atoms with Gasteiger partial charge in [-0.2, -0.15) is 9.61 Å². The number of hydrogen-bond donors (Lipinski definition) is 0. The third-order valence-corrected chi connectivity index (χ3v) is 3.63. The van der Waals surface area contributed by atoms with Gasteiger partial charge in [0.25, 0.3) is 11.2 Å². The van der Waals surface area contributed by atoms with E-state index in [1.165, 1.54) is 0 Å². The third-order valence-electron chi connectivity index (χ3n) is 3.63. The second-order valence-electron chi connectivity index (χ2n) is 4.69.